The average Bonchev–Trinajstić information content (AvgIpc) is 1.87. The van der Waals surface area contributed by atoms with Crippen LogP contribution in [0.5, 0.6) is 0 Å². The van der Waals surface area contributed by atoms with Gasteiger partial charge in [0.1, 0.15) is 0 Å². The summed E-state index contributed by atoms with van der Waals surface area (Å²) in [6, 6.07) is 0.449. The molecule has 4 heteroatoms. The summed E-state index contributed by atoms with van der Waals surface area (Å²) in [5.74, 6) is 1.06. The number of hydrogen-bond donors (Lipinski definition) is 1. The van der Waals surface area contributed by atoms with E-state index in [1.165, 1.54) is 0 Å². The Labute approximate surface area is 59.3 Å². The Morgan fingerprint density at radius 2 is 2.50 bits per heavy atom. The van der Waals surface area contributed by atoms with Gasteiger partial charge in [0, 0.05) is 5.75 Å². The molecule has 0 aliphatic carbocycles. The van der Waals surface area contributed by atoms with Crippen LogP contribution in [0.1, 0.15) is 6.92 Å². The van der Waals surface area contributed by atoms with Gasteiger partial charge in [-0.2, -0.15) is 0 Å². The molecule has 1 rings (SSSR count). The predicted molar refractivity (Wildman–Crippen MR) is 40.8 cm³/mol. The monoisotopic (exact) mass is 152 g/mol. The number of amidine groups is 1. The third kappa shape index (κ3) is 1.92. The van der Waals surface area contributed by atoms with Crippen molar-refractivity contribution < 1.29 is 0 Å². The number of aliphatic imine (C=N–C) groups is 1. The van der Waals surface area contributed by atoms with Crippen LogP contribution in [-0.4, -0.2) is 17.0 Å². The summed E-state index contributed by atoms with van der Waals surface area (Å²) in [4.78, 5) is 4.05. The van der Waals surface area contributed by atoms with Gasteiger partial charge < -0.3 is 5.73 Å². The zero-order chi connectivity index (χ0) is 5.28. The summed E-state index contributed by atoms with van der Waals surface area (Å²) in [5.41, 5.74) is 5.34. The van der Waals surface area contributed by atoms with E-state index in [1.807, 2.05) is 0 Å². The lowest BCUT2D eigenvalue weighted by molar-refractivity contribution is 0.864. The Hall–Kier alpha value is 0.110. The molecular weight excluding hydrogens is 144 g/mol. The fraction of sp³-hybridized carbons (Fsp3) is 0.750. The van der Waals surface area contributed by atoms with E-state index in [1.54, 1.807) is 11.8 Å². The molecule has 1 unspecified atom stereocenters. The van der Waals surface area contributed by atoms with E-state index in [0.29, 0.717) is 6.04 Å². The zero-order valence-corrected chi connectivity index (χ0v) is 6.26. The van der Waals surface area contributed by atoms with Crippen LogP contribution < -0.4 is 5.73 Å². The van der Waals surface area contributed by atoms with Crippen molar-refractivity contribution in [2.24, 2.45) is 10.7 Å². The first-order valence-corrected chi connectivity index (χ1v) is 3.23. The molecule has 0 radical (unpaired) electrons. The van der Waals surface area contributed by atoms with E-state index in [2.05, 4.69) is 11.9 Å². The standard InChI is InChI=1S/C4H8N2S.ClH/c1-3-2-7-4(5)6-3;/h3H,2H2,1H3,(H2,5,6);1H. The van der Waals surface area contributed by atoms with Crippen LogP contribution in [0, 0.1) is 0 Å². The highest BCUT2D eigenvalue weighted by atomic mass is 35.5. The maximum Gasteiger partial charge on any atom is 0.154 e. The molecule has 2 nitrogen and oxygen atoms in total. The van der Waals surface area contributed by atoms with Gasteiger partial charge in [-0.25, -0.2) is 0 Å². The number of thioether (sulfide) groups is 1. The topological polar surface area (TPSA) is 38.4 Å². The molecule has 1 heterocycles. The highest BCUT2D eigenvalue weighted by molar-refractivity contribution is 8.14. The minimum Gasteiger partial charge on any atom is -0.379 e. The van der Waals surface area contributed by atoms with E-state index in [4.69, 9.17) is 5.73 Å². The molecule has 0 spiro atoms. The summed E-state index contributed by atoms with van der Waals surface area (Å²) < 4.78 is 0. The van der Waals surface area contributed by atoms with E-state index >= 15 is 0 Å². The quantitative estimate of drug-likeness (QED) is 0.559. The Morgan fingerprint density at radius 3 is 2.62 bits per heavy atom. The molecule has 0 saturated heterocycles. The number of nitrogens with two attached hydrogens (primary N) is 1. The van der Waals surface area contributed by atoms with Gasteiger partial charge in [0.25, 0.3) is 0 Å². The SMILES string of the molecule is CC1CSC(N)=N1.Cl. The third-order valence-corrected chi connectivity index (χ3v) is 1.87. The van der Waals surface area contributed by atoms with Gasteiger partial charge >= 0.3 is 0 Å². The highest BCUT2D eigenvalue weighted by Crippen LogP contribution is 2.12. The molecule has 8 heavy (non-hydrogen) atoms. The minimum atomic E-state index is 0. The van der Waals surface area contributed by atoms with Gasteiger partial charge in [0.15, 0.2) is 5.17 Å². The van der Waals surface area contributed by atoms with Gasteiger partial charge in [0.2, 0.25) is 0 Å². The van der Waals surface area contributed by atoms with Crippen molar-refractivity contribution in [3.63, 3.8) is 0 Å². The Bertz CT molecular complexity index is 104. The number of hydrogen-bond acceptors (Lipinski definition) is 3. The van der Waals surface area contributed by atoms with Crippen LogP contribution in [0.25, 0.3) is 0 Å². The second kappa shape index (κ2) is 3.20. The third-order valence-electron chi connectivity index (χ3n) is 0.820. The normalized spacial score (nSPS) is 26.6. The van der Waals surface area contributed by atoms with Crippen molar-refractivity contribution in [1.29, 1.82) is 0 Å². The zero-order valence-electron chi connectivity index (χ0n) is 4.63. The van der Waals surface area contributed by atoms with Gasteiger partial charge in [-0.15, -0.1) is 12.4 Å². The molecule has 0 aromatic carbocycles. The van der Waals surface area contributed by atoms with Crippen molar-refractivity contribution in [2.75, 3.05) is 5.75 Å². The summed E-state index contributed by atoms with van der Waals surface area (Å²) in [6.45, 7) is 2.06. The number of halogens is 1. The molecule has 48 valence electrons. The summed E-state index contributed by atoms with van der Waals surface area (Å²) in [6.07, 6.45) is 0. The van der Waals surface area contributed by atoms with E-state index in [-0.39, 0.29) is 12.4 Å². The van der Waals surface area contributed by atoms with Gasteiger partial charge in [0.05, 0.1) is 6.04 Å². The summed E-state index contributed by atoms with van der Waals surface area (Å²) in [5, 5.41) is 0.743. The second-order valence-electron chi connectivity index (χ2n) is 1.63. The lowest BCUT2D eigenvalue weighted by atomic mass is 10.4. The smallest absolute Gasteiger partial charge is 0.154 e. The first-order chi connectivity index (χ1) is 3.29. The second-order valence-corrected chi connectivity index (χ2v) is 2.67. The Balaban J connectivity index is 0.000000490. The van der Waals surface area contributed by atoms with E-state index in [0.717, 1.165) is 10.9 Å². The molecule has 0 aromatic rings. The highest BCUT2D eigenvalue weighted by Gasteiger charge is 2.08. The van der Waals surface area contributed by atoms with Crippen LogP contribution >= 0.6 is 24.2 Å². The van der Waals surface area contributed by atoms with E-state index < -0.39 is 0 Å². The lowest BCUT2D eigenvalue weighted by Gasteiger charge is -1.86. The first-order valence-electron chi connectivity index (χ1n) is 2.25. The summed E-state index contributed by atoms with van der Waals surface area (Å²) in [7, 11) is 0. The maximum absolute atomic E-state index is 5.34. The Morgan fingerprint density at radius 1 is 1.88 bits per heavy atom. The summed E-state index contributed by atoms with van der Waals surface area (Å²) >= 11 is 1.63. The largest absolute Gasteiger partial charge is 0.379 e. The maximum atomic E-state index is 5.34. The van der Waals surface area contributed by atoms with Crippen molar-refractivity contribution in [3.8, 4) is 0 Å². The fourth-order valence-electron chi connectivity index (χ4n) is 0.498. The minimum absolute atomic E-state index is 0. The van der Waals surface area contributed by atoms with Crippen LogP contribution in [0.2, 0.25) is 0 Å². The van der Waals surface area contributed by atoms with Crippen molar-refractivity contribution in [1.82, 2.24) is 0 Å². The molecule has 1 aliphatic rings. The van der Waals surface area contributed by atoms with Crippen LogP contribution in [0.15, 0.2) is 4.99 Å². The molecule has 1 aliphatic heterocycles. The fourth-order valence-corrected chi connectivity index (χ4v) is 1.24. The molecule has 0 fully saturated rings. The van der Waals surface area contributed by atoms with E-state index in [9.17, 15) is 0 Å². The molecular formula is C4H9ClN2S. The molecule has 0 aromatic heterocycles. The van der Waals surface area contributed by atoms with Crippen molar-refractivity contribution >= 4 is 29.3 Å². The van der Waals surface area contributed by atoms with Gasteiger partial charge in [-0.3, -0.25) is 4.99 Å². The molecule has 0 amide bonds. The predicted octanol–water partition coefficient (Wildman–Crippen LogP) is 0.858. The number of nitrogens with zero attached hydrogens (tertiary/aromatic N) is 1. The molecule has 2 N–H and O–H groups in total. The lowest BCUT2D eigenvalue weighted by Crippen LogP contribution is -2.01. The van der Waals surface area contributed by atoms with Crippen LogP contribution in [0.3, 0.4) is 0 Å². The number of rotatable bonds is 0. The van der Waals surface area contributed by atoms with Crippen molar-refractivity contribution in [3.05, 3.63) is 0 Å². The van der Waals surface area contributed by atoms with Gasteiger partial charge in [-0.05, 0) is 6.92 Å². The average molecular weight is 153 g/mol. The molecule has 0 saturated carbocycles. The van der Waals surface area contributed by atoms with Crippen LogP contribution in [-0.2, 0) is 0 Å². The first kappa shape index (κ1) is 8.11. The Kier molecular flexibility index (Phi) is 3.24. The van der Waals surface area contributed by atoms with Crippen LogP contribution in [0.4, 0.5) is 0 Å². The molecule has 0 bridgehead atoms. The van der Waals surface area contributed by atoms with Crippen molar-refractivity contribution in [2.45, 2.75) is 13.0 Å². The van der Waals surface area contributed by atoms with Gasteiger partial charge in [-0.1, -0.05) is 11.8 Å². The molecule has 1 atom stereocenters.